The maximum atomic E-state index is 13.3. The lowest BCUT2D eigenvalue weighted by molar-refractivity contribution is -0.156. The van der Waals surface area contributed by atoms with Crippen molar-refractivity contribution in [1.29, 1.82) is 0 Å². The summed E-state index contributed by atoms with van der Waals surface area (Å²) in [5, 5.41) is 11.4. The number of nitrogens with zero attached hydrogens (tertiary/aromatic N) is 6. The van der Waals surface area contributed by atoms with Gasteiger partial charge in [-0.3, -0.25) is 14.5 Å². The van der Waals surface area contributed by atoms with E-state index in [1.165, 1.54) is 45.1 Å². The second-order valence-corrected chi connectivity index (χ2v) is 7.92. The summed E-state index contributed by atoms with van der Waals surface area (Å²) in [6, 6.07) is 9.33. The molecule has 34 heavy (non-hydrogen) atoms. The predicted octanol–water partition coefficient (Wildman–Crippen LogP) is 1.80. The second-order valence-electron chi connectivity index (χ2n) is 7.49. The fraction of sp³-hybridized carbons (Fsp3) is 0.273. The first kappa shape index (κ1) is 23.3. The average Bonchev–Trinajstić information content (AvgIpc) is 3.35. The van der Waals surface area contributed by atoms with Gasteiger partial charge in [-0.1, -0.05) is 23.7 Å². The Morgan fingerprint density at radius 3 is 2.56 bits per heavy atom. The first-order valence-corrected chi connectivity index (χ1v) is 10.8. The van der Waals surface area contributed by atoms with Crippen LogP contribution < -0.4 is 4.90 Å². The second kappa shape index (κ2) is 9.96. The summed E-state index contributed by atoms with van der Waals surface area (Å²) in [6.45, 7) is 1.08. The molecule has 1 aliphatic rings. The molecule has 1 saturated heterocycles. The van der Waals surface area contributed by atoms with E-state index in [0.29, 0.717) is 22.0 Å². The molecule has 2 amide bonds. The SMILES string of the molecule is CCOC(=O)C(Cc1ccc(F)cc1)N1CC(=O)N(c2cc(Cl)ccc2-n2cnnn2)CC1=O. The van der Waals surface area contributed by atoms with Crippen LogP contribution in [0.15, 0.2) is 48.8 Å². The molecule has 4 rings (SSSR count). The standard InChI is InChI=1S/C22H20ClFN6O4/c1-2-34-22(33)19(9-14-3-6-16(24)7-4-14)29-12-20(31)28(11-21(29)32)18-10-15(23)5-8-17(18)30-13-25-26-27-30/h3-8,10,13,19H,2,9,11-12H2,1H3. The van der Waals surface area contributed by atoms with Gasteiger partial charge in [0.1, 0.15) is 31.3 Å². The predicted molar refractivity (Wildman–Crippen MR) is 119 cm³/mol. The van der Waals surface area contributed by atoms with Crippen molar-refractivity contribution in [1.82, 2.24) is 25.1 Å². The summed E-state index contributed by atoms with van der Waals surface area (Å²) in [7, 11) is 0. The smallest absolute Gasteiger partial charge is 0.329 e. The highest BCUT2D eigenvalue weighted by Crippen LogP contribution is 2.29. The summed E-state index contributed by atoms with van der Waals surface area (Å²) >= 11 is 6.16. The van der Waals surface area contributed by atoms with Crippen LogP contribution in [0, 0.1) is 5.82 Å². The normalized spacial score (nSPS) is 14.9. The number of aromatic nitrogens is 4. The summed E-state index contributed by atoms with van der Waals surface area (Å²) < 4.78 is 19.8. The van der Waals surface area contributed by atoms with E-state index >= 15 is 0 Å². The maximum absolute atomic E-state index is 13.3. The van der Waals surface area contributed by atoms with Crippen molar-refractivity contribution in [3.05, 3.63) is 65.2 Å². The van der Waals surface area contributed by atoms with Gasteiger partial charge in [-0.25, -0.2) is 9.18 Å². The van der Waals surface area contributed by atoms with Crippen molar-refractivity contribution in [3.8, 4) is 5.69 Å². The van der Waals surface area contributed by atoms with Crippen LogP contribution in [-0.2, 0) is 25.5 Å². The quantitative estimate of drug-likeness (QED) is 0.468. The van der Waals surface area contributed by atoms with Crippen molar-refractivity contribution < 1.29 is 23.5 Å². The number of hydrogen-bond acceptors (Lipinski definition) is 7. The molecule has 0 radical (unpaired) electrons. The van der Waals surface area contributed by atoms with Crippen molar-refractivity contribution >= 4 is 35.1 Å². The molecule has 176 valence electrons. The lowest BCUT2D eigenvalue weighted by Gasteiger charge is -2.38. The Morgan fingerprint density at radius 2 is 1.88 bits per heavy atom. The van der Waals surface area contributed by atoms with Crippen LogP contribution in [-0.4, -0.2) is 68.6 Å². The van der Waals surface area contributed by atoms with Crippen molar-refractivity contribution in [2.45, 2.75) is 19.4 Å². The Morgan fingerprint density at radius 1 is 1.12 bits per heavy atom. The number of amides is 2. The molecule has 10 nitrogen and oxygen atoms in total. The number of anilines is 1. The number of tetrazole rings is 1. The molecular weight excluding hydrogens is 467 g/mol. The Balaban J connectivity index is 1.62. The van der Waals surface area contributed by atoms with Crippen LogP contribution in [0.4, 0.5) is 10.1 Å². The van der Waals surface area contributed by atoms with E-state index < -0.39 is 29.6 Å². The summed E-state index contributed by atoms with van der Waals surface area (Å²) in [5.74, 6) is -1.94. The van der Waals surface area contributed by atoms with Crippen LogP contribution in [0.5, 0.6) is 0 Å². The highest BCUT2D eigenvalue weighted by molar-refractivity contribution is 6.31. The van der Waals surface area contributed by atoms with Gasteiger partial charge in [0.05, 0.1) is 18.0 Å². The van der Waals surface area contributed by atoms with Crippen LogP contribution in [0.25, 0.3) is 5.69 Å². The molecule has 3 aromatic rings. The molecule has 12 heteroatoms. The van der Waals surface area contributed by atoms with E-state index in [-0.39, 0.29) is 26.1 Å². The molecule has 1 unspecified atom stereocenters. The zero-order chi connectivity index (χ0) is 24.2. The fourth-order valence-corrected chi connectivity index (χ4v) is 3.88. The number of halogens is 2. The zero-order valence-corrected chi connectivity index (χ0v) is 18.9. The molecule has 1 atom stereocenters. The Labute approximate surface area is 198 Å². The van der Waals surface area contributed by atoms with Gasteiger partial charge in [-0.2, -0.15) is 4.68 Å². The van der Waals surface area contributed by atoms with Gasteiger partial charge in [0.25, 0.3) is 0 Å². The molecule has 2 aromatic carbocycles. The lowest BCUT2D eigenvalue weighted by Crippen LogP contribution is -2.59. The summed E-state index contributed by atoms with van der Waals surface area (Å²) in [6.07, 6.45) is 1.43. The first-order chi connectivity index (χ1) is 16.4. The third-order valence-corrected chi connectivity index (χ3v) is 5.56. The third-order valence-electron chi connectivity index (χ3n) is 5.32. The van der Waals surface area contributed by atoms with Gasteiger partial charge in [0, 0.05) is 11.4 Å². The number of rotatable bonds is 7. The highest BCUT2D eigenvalue weighted by Gasteiger charge is 2.39. The summed E-state index contributed by atoms with van der Waals surface area (Å²) in [4.78, 5) is 41.6. The third kappa shape index (κ3) is 4.88. The molecule has 0 aliphatic carbocycles. The Hall–Kier alpha value is -3.86. The monoisotopic (exact) mass is 486 g/mol. The van der Waals surface area contributed by atoms with Gasteiger partial charge < -0.3 is 9.64 Å². The van der Waals surface area contributed by atoms with Crippen molar-refractivity contribution in [3.63, 3.8) is 0 Å². The zero-order valence-electron chi connectivity index (χ0n) is 18.1. The van der Waals surface area contributed by atoms with E-state index in [1.54, 1.807) is 25.1 Å². The van der Waals surface area contributed by atoms with E-state index in [4.69, 9.17) is 16.3 Å². The number of carbonyl (C=O) groups is 3. The lowest BCUT2D eigenvalue weighted by atomic mass is 10.0. The maximum Gasteiger partial charge on any atom is 0.329 e. The molecule has 0 spiro atoms. The van der Waals surface area contributed by atoms with Crippen LogP contribution in [0.3, 0.4) is 0 Å². The Kier molecular flexibility index (Phi) is 6.82. The van der Waals surface area contributed by atoms with E-state index in [9.17, 15) is 18.8 Å². The highest BCUT2D eigenvalue weighted by atomic mass is 35.5. The first-order valence-electron chi connectivity index (χ1n) is 10.4. The summed E-state index contributed by atoms with van der Waals surface area (Å²) in [5.41, 5.74) is 1.43. The number of piperazine rings is 1. The number of hydrogen-bond donors (Lipinski definition) is 0. The molecule has 1 fully saturated rings. The van der Waals surface area contributed by atoms with E-state index in [0.717, 1.165) is 0 Å². The number of carbonyl (C=O) groups excluding carboxylic acids is 3. The van der Waals surface area contributed by atoms with Crippen LogP contribution in [0.1, 0.15) is 12.5 Å². The molecule has 0 bridgehead atoms. The molecule has 0 N–H and O–H groups in total. The number of esters is 1. The molecule has 1 aromatic heterocycles. The minimum absolute atomic E-state index is 0.0746. The average molecular weight is 487 g/mol. The largest absolute Gasteiger partial charge is 0.464 e. The number of benzene rings is 2. The topological polar surface area (TPSA) is 111 Å². The van der Waals surface area contributed by atoms with Gasteiger partial charge in [-0.05, 0) is 53.2 Å². The minimum atomic E-state index is -1.04. The van der Waals surface area contributed by atoms with Gasteiger partial charge in [0.2, 0.25) is 11.8 Å². The Bertz CT molecular complexity index is 1200. The van der Waals surface area contributed by atoms with Gasteiger partial charge in [0.15, 0.2) is 0 Å². The molecule has 0 saturated carbocycles. The molecule has 2 heterocycles. The van der Waals surface area contributed by atoms with Gasteiger partial charge in [-0.15, -0.1) is 5.10 Å². The van der Waals surface area contributed by atoms with E-state index in [1.807, 2.05) is 0 Å². The van der Waals surface area contributed by atoms with Crippen LogP contribution in [0.2, 0.25) is 5.02 Å². The van der Waals surface area contributed by atoms with Gasteiger partial charge >= 0.3 is 5.97 Å². The fourth-order valence-electron chi connectivity index (χ4n) is 3.72. The molecular formula is C22H20ClFN6O4. The minimum Gasteiger partial charge on any atom is -0.464 e. The molecule has 1 aliphatic heterocycles. The number of ether oxygens (including phenoxy) is 1. The van der Waals surface area contributed by atoms with Crippen LogP contribution >= 0.6 is 11.6 Å². The van der Waals surface area contributed by atoms with Crippen molar-refractivity contribution in [2.24, 2.45) is 0 Å². The van der Waals surface area contributed by atoms with Crippen molar-refractivity contribution in [2.75, 3.05) is 24.6 Å². The van der Waals surface area contributed by atoms with E-state index in [2.05, 4.69) is 15.5 Å².